The van der Waals surface area contributed by atoms with E-state index in [0.717, 1.165) is 17.1 Å². The molecular formula is C14H23ClN2O. The molecule has 0 saturated carbocycles. The Kier molecular flexibility index (Phi) is 5.60. The van der Waals surface area contributed by atoms with Crippen molar-refractivity contribution in [3.63, 3.8) is 0 Å². The van der Waals surface area contributed by atoms with Crippen LogP contribution in [0.1, 0.15) is 32.4 Å². The number of aliphatic hydroxyl groups is 1. The average Bonchev–Trinajstić information content (AvgIpc) is 2.29. The molecule has 0 spiro atoms. The summed E-state index contributed by atoms with van der Waals surface area (Å²) in [6, 6.07) is 7.77. The Morgan fingerprint density at radius 1 is 1.39 bits per heavy atom. The number of hydrogen-bond donors (Lipinski definition) is 2. The van der Waals surface area contributed by atoms with Crippen LogP contribution in [0.15, 0.2) is 24.3 Å². The molecule has 0 aromatic heterocycles. The van der Waals surface area contributed by atoms with Crippen molar-refractivity contribution >= 4 is 11.6 Å². The quantitative estimate of drug-likeness (QED) is 0.835. The van der Waals surface area contributed by atoms with Crippen LogP contribution >= 0.6 is 11.6 Å². The highest BCUT2D eigenvalue weighted by atomic mass is 35.5. The lowest BCUT2D eigenvalue weighted by molar-refractivity contribution is 0.0235. The molecule has 0 bridgehead atoms. The summed E-state index contributed by atoms with van der Waals surface area (Å²) in [6.07, 6.45) is 0. The van der Waals surface area contributed by atoms with E-state index in [1.54, 1.807) is 13.8 Å². The van der Waals surface area contributed by atoms with Crippen molar-refractivity contribution in [3.8, 4) is 0 Å². The van der Waals surface area contributed by atoms with Gasteiger partial charge in [0.25, 0.3) is 0 Å². The summed E-state index contributed by atoms with van der Waals surface area (Å²) in [5, 5.41) is 10.7. The fourth-order valence-corrected chi connectivity index (χ4v) is 2.42. The van der Waals surface area contributed by atoms with E-state index < -0.39 is 5.60 Å². The highest BCUT2D eigenvalue weighted by molar-refractivity contribution is 6.31. The highest BCUT2D eigenvalue weighted by Crippen LogP contribution is 2.27. The van der Waals surface area contributed by atoms with Gasteiger partial charge in [-0.2, -0.15) is 0 Å². The molecule has 1 aromatic carbocycles. The van der Waals surface area contributed by atoms with E-state index in [1.807, 2.05) is 24.3 Å². The van der Waals surface area contributed by atoms with Crippen molar-refractivity contribution in [1.29, 1.82) is 0 Å². The molecule has 0 aliphatic rings. The van der Waals surface area contributed by atoms with E-state index in [9.17, 15) is 5.11 Å². The maximum Gasteiger partial charge on any atom is 0.0718 e. The van der Waals surface area contributed by atoms with Gasteiger partial charge in [0.15, 0.2) is 0 Å². The number of hydrogen-bond acceptors (Lipinski definition) is 3. The molecule has 0 aliphatic heterocycles. The number of nitrogens with two attached hydrogens (primary N) is 1. The minimum absolute atomic E-state index is 0.0372. The second-order valence-electron chi connectivity index (χ2n) is 5.15. The van der Waals surface area contributed by atoms with Gasteiger partial charge in [-0.3, -0.25) is 4.90 Å². The molecule has 1 aromatic rings. The Morgan fingerprint density at radius 3 is 2.44 bits per heavy atom. The zero-order valence-electron chi connectivity index (χ0n) is 11.4. The van der Waals surface area contributed by atoms with Gasteiger partial charge in [0, 0.05) is 24.2 Å². The Hall–Kier alpha value is -0.610. The molecule has 4 heteroatoms. The summed E-state index contributed by atoms with van der Waals surface area (Å²) >= 11 is 6.23. The summed E-state index contributed by atoms with van der Waals surface area (Å²) in [6.45, 7) is 7.53. The molecule has 3 nitrogen and oxygen atoms in total. The third-order valence-electron chi connectivity index (χ3n) is 2.92. The third kappa shape index (κ3) is 4.25. The van der Waals surface area contributed by atoms with Crippen LogP contribution < -0.4 is 5.73 Å². The molecule has 1 unspecified atom stereocenters. The van der Waals surface area contributed by atoms with Gasteiger partial charge in [0.2, 0.25) is 0 Å². The van der Waals surface area contributed by atoms with Crippen molar-refractivity contribution < 1.29 is 5.11 Å². The first kappa shape index (κ1) is 15.4. The van der Waals surface area contributed by atoms with Crippen molar-refractivity contribution in [2.24, 2.45) is 5.73 Å². The first-order chi connectivity index (χ1) is 8.39. The smallest absolute Gasteiger partial charge is 0.0718 e. The standard InChI is InChI=1S/C14H23ClN2O/c1-4-17(10-14(2,3)18)13(9-16)11-7-5-6-8-12(11)15/h5-8,13,18H,4,9-10,16H2,1-3H3. The predicted octanol–water partition coefficient (Wildman–Crippen LogP) is 2.43. The summed E-state index contributed by atoms with van der Waals surface area (Å²) in [5.41, 5.74) is 6.16. The SMILES string of the molecule is CCN(CC(C)(C)O)C(CN)c1ccccc1Cl. The van der Waals surface area contributed by atoms with Crippen molar-refractivity contribution in [1.82, 2.24) is 4.90 Å². The number of likely N-dealkylation sites (N-methyl/N-ethyl adjacent to an activating group) is 1. The zero-order chi connectivity index (χ0) is 13.8. The fourth-order valence-electron chi connectivity index (χ4n) is 2.16. The van der Waals surface area contributed by atoms with Gasteiger partial charge in [-0.05, 0) is 32.0 Å². The van der Waals surface area contributed by atoms with Crippen LogP contribution in [0.25, 0.3) is 0 Å². The van der Waals surface area contributed by atoms with E-state index in [2.05, 4.69) is 11.8 Å². The molecule has 18 heavy (non-hydrogen) atoms. The molecule has 1 atom stereocenters. The van der Waals surface area contributed by atoms with Crippen LogP contribution in [0.5, 0.6) is 0 Å². The Balaban J connectivity index is 2.97. The largest absolute Gasteiger partial charge is 0.389 e. The Morgan fingerprint density at radius 2 is 2.00 bits per heavy atom. The Bertz CT molecular complexity index is 376. The maximum absolute atomic E-state index is 9.96. The van der Waals surface area contributed by atoms with Crippen molar-refractivity contribution in [3.05, 3.63) is 34.9 Å². The molecule has 0 radical (unpaired) electrons. The van der Waals surface area contributed by atoms with Crippen LogP contribution in [0, 0.1) is 0 Å². The molecule has 102 valence electrons. The Labute approximate surface area is 115 Å². The highest BCUT2D eigenvalue weighted by Gasteiger charge is 2.25. The molecular weight excluding hydrogens is 248 g/mol. The van der Waals surface area contributed by atoms with Crippen LogP contribution in [-0.4, -0.2) is 35.2 Å². The lowest BCUT2D eigenvalue weighted by atomic mass is 10.0. The van der Waals surface area contributed by atoms with Gasteiger partial charge >= 0.3 is 0 Å². The van der Waals surface area contributed by atoms with E-state index in [4.69, 9.17) is 17.3 Å². The number of halogens is 1. The van der Waals surface area contributed by atoms with E-state index in [-0.39, 0.29) is 6.04 Å². The van der Waals surface area contributed by atoms with Crippen LogP contribution in [0.3, 0.4) is 0 Å². The summed E-state index contributed by atoms with van der Waals surface area (Å²) in [7, 11) is 0. The molecule has 0 heterocycles. The van der Waals surface area contributed by atoms with Crippen molar-refractivity contribution in [2.45, 2.75) is 32.4 Å². The van der Waals surface area contributed by atoms with Crippen molar-refractivity contribution in [2.75, 3.05) is 19.6 Å². The third-order valence-corrected chi connectivity index (χ3v) is 3.27. The van der Waals surface area contributed by atoms with Crippen LogP contribution in [-0.2, 0) is 0 Å². The second kappa shape index (κ2) is 6.53. The maximum atomic E-state index is 9.96. The van der Waals surface area contributed by atoms with E-state index >= 15 is 0 Å². The lowest BCUT2D eigenvalue weighted by Gasteiger charge is -2.35. The average molecular weight is 271 g/mol. The number of benzene rings is 1. The minimum atomic E-state index is -0.745. The van der Waals surface area contributed by atoms with Gasteiger partial charge < -0.3 is 10.8 Å². The molecule has 0 fully saturated rings. The van der Waals surface area contributed by atoms with E-state index in [1.165, 1.54) is 0 Å². The first-order valence-corrected chi connectivity index (χ1v) is 6.67. The fraction of sp³-hybridized carbons (Fsp3) is 0.571. The minimum Gasteiger partial charge on any atom is -0.389 e. The first-order valence-electron chi connectivity index (χ1n) is 6.30. The monoisotopic (exact) mass is 270 g/mol. The molecule has 0 amide bonds. The normalized spacial score (nSPS) is 13.9. The van der Waals surface area contributed by atoms with Crippen LogP contribution in [0.4, 0.5) is 0 Å². The lowest BCUT2D eigenvalue weighted by Crippen LogP contribution is -2.43. The second-order valence-corrected chi connectivity index (χ2v) is 5.56. The van der Waals surface area contributed by atoms with Gasteiger partial charge in [0.1, 0.15) is 0 Å². The summed E-state index contributed by atoms with van der Waals surface area (Å²) < 4.78 is 0. The topological polar surface area (TPSA) is 49.5 Å². The molecule has 0 saturated heterocycles. The van der Waals surface area contributed by atoms with Gasteiger partial charge in [-0.1, -0.05) is 36.7 Å². The van der Waals surface area contributed by atoms with Gasteiger partial charge in [-0.15, -0.1) is 0 Å². The molecule has 0 aliphatic carbocycles. The summed E-state index contributed by atoms with van der Waals surface area (Å²) in [5.74, 6) is 0. The van der Waals surface area contributed by atoms with Gasteiger partial charge in [-0.25, -0.2) is 0 Å². The molecule has 1 rings (SSSR count). The van der Waals surface area contributed by atoms with Crippen LogP contribution in [0.2, 0.25) is 5.02 Å². The number of nitrogens with zero attached hydrogens (tertiary/aromatic N) is 1. The van der Waals surface area contributed by atoms with E-state index in [0.29, 0.717) is 13.1 Å². The predicted molar refractivity (Wildman–Crippen MR) is 76.8 cm³/mol. The molecule has 3 N–H and O–H groups in total. The summed E-state index contributed by atoms with van der Waals surface area (Å²) in [4.78, 5) is 2.15. The zero-order valence-corrected chi connectivity index (χ0v) is 12.1. The number of rotatable bonds is 6. The van der Waals surface area contributed by atoms with Gasteiger partial charge in [0.05, 0.1) is 5.60 Å².